The molecular formula is C15H22N2O3S. The summed E-state index contributed by atoms with van der Waals surface area (Å²) in [5.41, 5.74) is 2.47. The van der Waals surface area contributed by atoms with Crippen LogP contribution < -0.4 is 5.32 Å². The van der Waals surface area contributed by atoms with E-state index in [1.54, 1.807) is 4.90 Å². The molecule has 0 saturated carbocycles. The Morgan fingerprint density at radius 2 is 1.95 bits per heavy atom. The molecule has 0 atom stereocenters. The Hall–Kier alpha value is -1.56. The first-order chi connectivity index (χ1) is 9.93. The minimum atomic E-state index is -2.97. The van der Waals surface area contributed by atoms with Gasteiger partial charge in [0.25, 0.3) is 5.91 Å². The Balaban J connectivity index is 2.20. The van der Waals surface area contributed by atoms with Crippen molar-refractivity contribution in [2.24, 2.45) is 0 Å². The van der Waals surface area contributed by atoms with Crippen molar-refractivity contribution in [3.63, 3.8) is 0 Å². The Morgan fingerprint density at radius 1 is 1.29 bits per heavy atom. The highest BCUT2D eigenvalue weighted by atomic mass is 32.2. The number of hydrogen-bond acceptors (Lipinski definition) is 4. The third kappa shape index (κ3) is 3.97. The molecule has 0 aromatic heterocycles. The number of rotatable bonds is 4. The first-order valence-corrected chi connectivity index (χ1v) is 9.09. The van der Waals surface area contributed by atoms with E-state index in [1.807, 2.05) is 25.1 Å². The lowest BCUT2D eigenvalue weighted by atomic mass is 10.1. The fourth-order valence-electron chi connectivity index (χ4n) is 2.33. The highest BCUT2D eigenvalue weighted by molar-refractivity contribution is 7.91. The highest BCUT2D eigenvalue weighted by Gasteiger charge is 2.26. The average Bonchev–Trinajstić information content (AvgIpc) is 2.45. The molecule has 1 fully saturated rings. The Kier molecular flexibility index (Phi) is 4.88. The first-order valence-electron chi connectivity index (χ1n) is 7.27. The molecule has 1 amide bonds. The maximum absolute atomic E-state index is 12.6. The van der Waals surface area contributed by atoms with Gasteiger partial charge in [-0.25, -0.2) is 8.42 Å². The first kappa shape index (κ1) is 15.8. The Morgan fingerprint density at radius 3 is 2.57 bits per heavy atom. The summed E-state index contributed by atoms with van der Waals surface area (Å²) in [5, 5.41) is 3.26. The summed E-state index contributed by atoms with van der Waals surface area (Å²) in [6.45, 7) is 5.38. The van der Waals surface area contributed by atoms with Gasteiger partial charge in [-0.05, 0) is 25.5 Å². The van der Waals surface area contributed by atoms with Crippen LogP contribution >= 0.6 is 0 Å². The molecule has 1 N–H and O–H groups in total. The van der Waals surface area contributed by atoms with Gasteiger partial charge in [0, 0.05) is 25.3 Å². The normalized spacial score (nSPS) is 17.5. The maximum Gasteiger partial charge on any atom is 0.256 e. The number of nitrogens with zero attached hydrogens (tertiary/aromatic N) is 1. The lowest BCUT2D eigenvalue weighted by Gasteiger charge is -2.27. The number of hydrogen-bond donors (Lipinski definition) is 1. The number of sulfone groups is 1. The molecule has 0 unspecified atom stereocenters. The monoisotopic (exact) mass is 310 g/mol. The lowest BCUT2D eigenvalue weighted by Crippen LogP contribution is -2.43. The fraction of sp³-hybridized carbons (Fsp3) is 0.533. The second-order valence-electron chi connectivity index (χ2n) is 5.42. The van der Waals surface area contributed by atoms with Gasteiger partial charge < -0.3 is 10.2 Å². The predicted octanol–water partition coefficient (Wildman–Crippen LogP) is 1.69. The summed E-state index contributed by atoms with van der Waals surface area (Å²) in [6.07, 6.45) is 0.976. The van der Waals surface area contributed by atoms with E-state index in [2.05, 4.69) is 12.2 Å². The zero-order valence-electron chi connectivity index (χ0n) is 12.6. The number of amides is 1. The van der Waals surface area contributed by atoms with Gasteiger partial charge in [0.1, 0.15) is 0 Å². The summed E-state index contributed by atoms with van der Waals surface area (Å²) < 4.78 is 22.9. The Bertz CT molecular complexity index is 612. The standard InChI is InChI=1S/C15H22N2O3S/c1-3-6-16-14-5-4-12(2)11-13(14)15(18)17-7-9-21(19,20)10-8-17/h4-5,11,16H,3,6-10H2,1-2H3. The van der Waals surface area contributed by atoms with Crippen molar-refractivity contribution in [3.05, 3.63) is 29.3 Å². The largest absolute Gasteiger partial charge is 0.384 e. The highest BCUT2D eigenvalue weighted by Crippen LogP contribution is 2.20. The molecule has 1 aliphatic rings. The van der Waals surface area contributed by atoms with Crippen molar-refractivity contribution in [2.75, 3.05) is 36.5 Å². The minimum absolute atomic E-state index is 0.0578. The fourth-order valence-corrected chi connectivity index (χ4v) is 3.54. The van der Waals surface area contributed by atoms with E-state index in [-0.39, 0.29) is 30.5 Å². The van der Waals surface area contributed by atoms with Crippen LogP contribution in [-0.2, 0) is 9.84 Å². The number of carbonyl (C=O) groups is 1. The molecule has 5 nitrogen and oxygen atoms in total. The summed E-state index contributed by atoms with van der Waals surface area (Å²) in [6, 6.07) is 5.75. The van der Waals surface area contributed by atoms with Gasteiger partial charge in [-0.15, -0.1) is 0 Å². The van der Waals surface area contributed by atoms with Gasteiger partial charge in [-0.3, -0.25) is 4.79 Å². The molecule has 0 aliphatic carbocycles. The molecule has 0 spiro atoms. The third-order valence-corrected chi connectivity index (χ3v) is 5.21. The van der Waals surface area contributed by atoms with Crippen LogP contribution in [0.15, 0.2) is 18.2 Å². The molecule has 1 aromatic carbocycles. The van der Waals surface area contributed by atoms with Crippen LogP contribution in [0.3, 0.4) is 0 Å². The second-order valence-corrected chi connectivity index (χ2v) is 7.72. The van der Waals surface area contributed by atoms with Crippen LogP contribution in [-0.4, -0.2) is 50.4 Å². The topological polar surface area (TPSA) is 66.5 Å². The molecule has 0 radical (unpaired) electrons. The van der Waals surface area contributed by atoms with E-state index in [9.17, 15) is 13.2 Å². The predicted molar refractivity (Wildman–Crippen MR) is 84.5 cm³/mol. The van der Waals surface area contributed by atoms with E-state index in [0.29, 0.717) is 5.56 Å². The summed E-state index contributed by atoms with van der Waals surface area (Å²) in [4.78, 5) is 14.3. The SMILES string of the molecule is CCCNc1ccc(C)cc1C(=O)N1CCS(=O)(=O)CC1. The van der Waals surface area contributed by atoms with Gasteiger partial charge in [0.15, 0.2) is 9.84 Å². The number of nitrogens with one attached hydrogen (secondary N) is 1. The van der Waals surface area contributed by atoms with Crippen LogP contribution in [0.4, 0.5) is 5.69 Å². The lowest BCUT2D eigenvalue weighted by molar-refractivity contribution is 0.0771. The number of carbonyl (C=O) groups excluding carboxylic acids is 1. The summed E-state index contributed by atoms with van der Waals surface area (Å²) >= 11 is 0. The van der Waals surface area contributed by atoms with Gasteiger partial charge in [-0.2, -0.15) is 0 Å². The summed E-state index contributed by atoms with van der Waals surface area (Å²) in [5.74, 6) is 0.0251. The van der Waals surface area contributed by atoms with E-state index in [0.717, 1.165) is 24.2 Å². The number of benzene rings is 1. The van der Waals surface area contributed by atoms with Crippen molar-refractivity contribution < 1.29 is 13.2 Å². The molecule has 0 bridgehead atoms. The van der Waals surface area contributed by atoms with E-state index >= 15 is 0 Å². The molecule has 1 heterocycles. The molecule has 1 saturated heterocycles. The van der Waals surface area contributed by atoms with E-state index in [4.69, 9.17) is 0 Å². The van der Waals surface area contributed by atoms with Crippen molar-refractivity contribution in [3.8, 4) is 0 Å². The van der Waals surface area contributed by atoms with Crippen molar-refractivity contribution in [1.29, 1.82) is 0 Å². The molecular weight excluding hydrogens is 288 g/mol. The maximum atomic E-state index is 12.6. The van der Waals surface area contributed by atoms with Gasteiger partial charge in [0.2, 0.25) is 0 Å². The smallest absolute Gasteiger partial charge is 0.256 e. The quantitative estimate of drug-likeness (QED) is 0.919. The van der Waals surface area contributed by atoms with Gasteiger partial charge in [0.05, 0.1) is 17.1 Å². The van der Waals surface area contributed by atoms with E-state index < -0.39 is 9.84 Å². The average molecular weight is 310 g/mol. The number of anilines is 1. The van der Waals surface area contributed by atoms with E-state index in [1.165, 1.54) is 0 Å². The molecule has 1 aliphatic heterocycles. The van der Waals surface area contributed by atoms with Gasteiger partial charge >= 0.3 is 0 Å². The molecule has 6 heteroatoms. The molecule has 2 rings (SSSR count). The van der Waals surface area contributed by atoms with Crippen LogP contribution in [0.25, 0.3) is 0 Å². The van der Waals surface area contributed by atoms with Crippen LogP contribution in [0.5, 0.6) is 0 Å². The second kappa shape index (κ2) is 6.47. The van der Waals surface area contributed by atoms with Crippen LogP contribution in [0, 0.1) is 6.92 Å². The van der Waals surface area contributed by atoms with Crippen molar-refractivity contribution in [1.82, 2.24) is 4.90 Å². The van der Waals surface area contributed by atoms with Crippen LogP contribution in [0.1, 0.15) is 29.3 Å². The summed E-state index contributed by atoms with van der Waals surface area (Å²) in [7, 11) is -2.97. The molecule has 1 aromatic rings. The zero-order chi connectivity index (χ0) is 15.5. The Labute approximate surface area is 126 Å². The number of aryl methyl sites for hydroxylation is 1. The molecule has 116 valence electrons. The third-order valence-electron chi connectivity index (χ3n) is 3.60. The van der Waals surface area contributed by atoms with Gasteiger partial charge in [-0.1, -0.05) is 18.6 Å². The molecule has 21 heavy (non-hydrogen) atoms. The minimum Gasteiger partial charge on any atom is -0.384 e. The van der Waals surface area contributed by atoms with Crippen molar-refractivity contribution >= 4 is 21.4 Å². The van der Waals surface area contributed by atoms with Crippen LogP contribution in [0.2, 0.25) is 0 Å². The van der Waals surface area contributed by atoms with Crippen molar-refractivity contribution in [2.45, 2.75) is 20.3 Å². The zero-order valence-corrected chi connectivity index (χ0v) is 13.4.